The highest BCUT2D eigenvalue weighted by Gasteiger charge is 2.92. The first-order valence-electron chi connectivity index (χ1n) is 7.17. The van der Waals surface area contributed by atoms with E-state index in [1.165, 1.54) is 11.8 Å². The van der Waals surface area contributed by atoms with Gasteiger partial charge in [0.15, 0.2) is 0 Å². The Kier molecular flexibility index (Phi) is 2.64. The number of nitrogens with two attached hydrogens (primary N) is 1. The molecule has 1 aromatic rings. The van der Waals surface area contributed by atoms with E-state index in [-0.39, 0.29) is 11.8 Å². The standard InChI is InChI=1S/C16H14N4OS/c17-9-14-12(8-11-4-2-1-3-5-11)15(14,10-18)16(20-13(14)19)21-6-7-22-16/h1-5,12H,6-8H2,(H2,19,20). The number of hydrogen-bond donors (Lipinski definition) is 1. The van der Waals surface area contributed by atoms with Gasteiger partial charge in [-0.2, -0.15) is 10.5 Å². The van der Waals surface area contributed by atoms with E-state index in [1.807, 2.05) is 30.3 Å². The largest absolute Gasteiger partial charge is 0.386 e. The number of rotatable bonds is 2. The smallest absolute Gasteiger partial charge is 0.230 e. The Hall–Kier alpha value is -2.02. The van der Waals surface area contributed by atoms with Crippen LogP contribution in [0.15, 0.2) is 35.3 Å². The zero-order chi connectivity index (χ0) is 15.4. The fourth-order valence-corrected chi connectivity index (χ4v) is 5.40. The van der Waals surface area contributed by atoms with Crippen LogP contribution in [0.2, 0.25) is 0 Å². The molecule has 1 spiro atoms. The molecular formula is C16H14N4OS. The fourth-order valence-electron chi connectivity index (χ4n) is 4.05. The van der Waals surface area contributed by atoms with Gasteiger partial charge < -0.3 is 10.5 Å². The van der Waals surface area contributed by atoms with Crippen molar-refractivity contribution in [3.63, 3.8) is 0 Å². The number of thioether (sulfide) groups is 1. The van der Waals surface area contributed by atoms with Crippen molar-refractivity contribution in [1.29, 1.82) is 10.5 Å². The Balaban J connectivity index is 1.80. The van der Waals surface area contributed by atoms with Crippen molar-refractivity contribution in [1.82, 2.24) is 0 Å². The minimum absolute atomic E-state index is 0.180. The summed E-state index contributed by atoms with van der Waals surface area (Å²) in [5.41, 5.74) is 5.21. The molecule has 2 heterocycles. The van der Waals surface area contributed by atoms with Crippen molar-refractivity contribution in [3.05, 3.63) is 35.9 Å². The van der Waals surface area contributed by atoms with Gasteiger partial charge in [0.25, 0.3) is 0 Å². The van der Waals surface area contributed by atoms with Gasteiger partial charge in [0.05, 0.1) is 18.7 Å². The van der Waals surface area contributed by atoms with E-state index in [4.69, 9.17) is 10.5 Å². The Labute approximate surface area is 132 Å². The van der Waals surface area contributed by atoms with E-state index < -0.39 is 15.9 Å². The zero-order valence-corrected chi connectivity index (χ0v) is 12.6. The monoisotopic (exact) mass is 310 g/mol. The van der Waals surface area contributed by atoms with Crippen molar-refractivity contribution in [2.45, 2.75) is 11.5 Å². The number of benzene rings is 1. The third-order valence-electron chi connectivity index (χ3n) is 5.07. The maximum Gasteiger partial charge on any atom is 0.230 e. The summed E-state index contributed by atoms with van der Waals surface area (Å²) in [6.45, 7) is 0.532. The van der Waals surface area contributed by atoms with E-state index in [2.05, 4.69) is 17.1 Å². The number of ether oxygens (including phenoxy) is 1. The molecule has 2 aliphatic heterocycles. The Morgan fingerprint density at radius 3 is 2.68 bits per heavy atom. The van der Waals surface area contributed by atoms with Crippen LogP contribution in [0.1, 0.15) is 5.56 Å². The lowest BCUT2D eigenvalue weighted by molar-refractivity contribution is 0.0168. The lowest BCUT2D eigenvalue weighted by Gasteiger charge is -2.26. The molecule has 4 rings (SSSR count). The second-order valence-electron chi connectivity index (χ2n) is 5.86. The summed E-state index contributed by atoms with van der Waals surface area (Å²) in [5, 5.41) is 18.7. The van der Waals surface area contributed by atoms with Crippen molar-refractivity contribution < 1.29 is 4.74 Å². The van der Waals surface area contributed by atoms with Crippen molar-refractivity contribution in [3.8, 4) is 12.1 Å². The second kappa shape index (κ2) is 4.25. The van der Waals surface area contributed by atoms with Crippen LogP contribution in [0.4, 0.5) is 0 Å². The molecular weight excluding hydrogens is 296 g/mol. The molecule has 6 heteroatoms. The summed E-state index contributed by atoms with van der Waals surface area (Å²) in [5.74, 6) is 0.840. The normalized spacial score (nSPS) is 41.5. The number of aliphatic imine (C=N–C) groups is 1. The second-order valence-corrected chi connectivity index (χ2v) is 7.11. The van der Waals surface area contributed by atoms with Crippen molar-refractivity contribution in [2.75, 3.05) is 12.4 Å². The predicted octanol–water partition coefficient (Wildman–Crippen LogP) is 1.67. The first kappa shape index (κ1) is 13.6. The average Bonchev–Trinajstić information content (AvgIpc) is 2.81. The van der Waals surface area contributed by atoms with Crippen LogP contribution in [0, 0.1) is 39.4 Å². The van der Waals surface area contributed by atoms with E-state index in [0.29, 0.717) is 13.0 Å². The molecule has 1 saturated heterocycles. The van der Waals surface area contributed by atoms with Gasteiger partial charge in [-0.3, -0.25) is 0 Å². The quantitative estimate of drug-likeness (QED) is 0.896. The summed E-state index contributed by atoms with van der Waals surface area (Å²) < 4.78 is 5.84. The third kappa shape index (κ3) is 1.27. The molecule has 0 radical (unpaired) electrons. The van der Waals surface area contributed by atoms with Crippen LogP contribution in [-0.4, -0.2) is 23.3 Å². The molecule has 1 aromatic carbocycles. The molecule has 1 saturated carbocycles. The topological polar surface area (TPSA) is 95.2 Å². The summed E-state index contributed by atoms with van der Waals surface area (Å²) in [7, 11) is 0. The Morgan fingerprint density at radius 1 is 1.32 bits per heavy atom. The minimum Gasteiger partial charge on any atom is -0.386 e. The molecule has 4 unspecified atom stereocenters. The fraction of sp³-hybridized carbons (Fsp3) is 0.438. The molecule has 22 heavy (non-hydrogen) atoms. The van der Waals surface area contributed by atoms with E-state index >= 15 is 0 Å². The maximum absolute atomic E-state index is 9.93. The zero-order valence-electron chi connectivity index (χ0n) is 11.8. The van der Waals surface area contributed by atoms with Gasteiger partial charge >= 0.3 is 0 Å². The van der Waals surface area contributed by atoms with Gasteiger partial charge in [0, 0.05) is 11.7 Å². The van der Waals surface area contributed by atoms with Crippen LogP contribution in [0.3, 0.4) is 0 Å². The first-order valence-corrected chi connectivity index (χ1v) is 8.15. The molecule has 4 atom stereocenters. The van der Waals surface area contributed by atoms with Gasteiger partial charge in [0.2, 0.25) is 5.06 Å². The van der Waals surface area contributed by atoms with Crippen LogP contribution >= 0.6 is 11.8 Å². The van der Waals surface area contributed by atoms with Gasteiger partial charge in [-0.05, 0) is 12.0 Å². The first-order chi connectivity index (χ1) is 10.7. The molecule has 2 fully saturated rings. The number of fused-ring (bicyclic) bond motifs is 2. The highest BCUT2D eigenvalue weighted by atomic mass is 32.2. The number of nitrogens with zero attached hydrogens (tertiary/aromatic N) is 3. The van der Waals surface area contributed by atoms with Crippen molar-refractivity contribution >= 4 is 17.6 Å². The van der Waals surface area contributed by atoms with Gasteiger partial charge in [-0.25, -0.2) is 4.99 Å². The summed E-state index contributed by atoms with van der Waals surface area (Å²) >= 11 is 1.49. The number of nitriles is 2. The van der Waals surface area contributed by atoms with Crippen LogP contribution in [0.25, 0.3) is 0 Å². The lowest BCUT2D eigenvalue weighted by Crippen LogP contribution is -2.34. The van der Waals surface area contributed by atoms with Crippen molar-refractivity contribution in [2.24, 2.45) is 27.5 Å². The summed E-state index contributed by atoms with van der Waals surface area (Å²) in [6, 6.07) is 14.6. The number of amidine groups is 1. The molecule has 0 amide bonds. The molecule has 110 valence electrons. The molecule has 3 aliphatic rings. The van der Waals surface area contributed by atoms with Crippen LogP contribution < -0.4 is 5.73 Å². The number of hydrogen-bond acceptors (Lipinski definition) is 6. The van der Waals surface area contributed by atoms with Gasteiger partial charge in [-0.1, -0.05) is 42.1 Å². The molecule has 5 nitrogen and oxygen atoms in total. The summed E-state index contributed by atoms with van der Waals surface area (Å²) in [4.78, 5) is 4.42. The third-order valence-corrected chi connectivity index (χ3v) is 6.36. The molecule has 0 aromatic heterocycles. The SMILES string of the molecule is N#CC12C(N)=NC3(OCCS3)C1(C#N)C2Cc1ccccc1. The predicted molar refractivity (Wildman–Crippen MR) is 82.5 cm³/mol. The van der Waals surface area contributed by atoms with Gasteiger partial charge in [-0.15, -0.1) is 0 Å². The lowest BCUT2D eigenvalue weighted by atomic mass is 9.95. The molecule has 2 N–H and O–H groups in total. The van der Waals surface area contributed by atoms with E-state index in [9.17, 15) is 10.5 Å². The van der Waals surface area contributed by atoms with E-state index in [1.54, 1.807) is 0 Å². The average molecular weight is 310 g/mol. The Morgan fingerprint density at radius 2 is 2.09 bits per heavy atom. The van der Waals surface area contributed by atoms with Crippen LogP contribution in [-0.2, 0) is 11.2 Å². The van der Waals surface area contributed by atoms with Gasteiger partial charge in [0.1, 0.15) is 16.7 Å². The minimum atomic E-state index is -1.02. The van der Waals surface area contributed by atoms with E-state index in [0.717, 1.165) is 11.3 Å². The molecule has 1 aliphatic carbocycles. The highest BCUT2D eigenvalue weighted by Crippen LogP contribution is 2.81. The summed E-state index contributed by atoms with van der Waals surface area (Å²) in [6.07, 6.45) is 0.629. The highest BCUT2D eigenvalue weighted by molar-refractivity contribution is 8.00. The maximum atomic E-state index is 9.93. The molecule has 0 bridgehead atoms. The van der Waals surface area contributed by atoms with Crippen LogP contribution in [0.5, 0.6) is 0 Å². The Bertz CT molecular complexity index is 744.